The smallest absolute Gasteiger partial charge is 0.00668 e. The maximum absolute atomic E-state index is 2.58. The van der Waals surface area contributed by atoms with Gasteiger partial charge in [-0.3, -0.25) is 0 Å². The van der Waals surface area contributed by atoms with Gasteiger partial charge in [-0.1, -0.05) is 84.0 Å². The van der Waals surface area contributed by atoms with Crippen LogP contribution < -0.4 is 0 Å². The Morgan fingerprint density at radius 3 is 1.48 bits per heavy atom. The van der Waals surface area contributed by atoms with Gasteiger partial charge in [-0.2, -0.15) is 0 Å². The average Bonchev–Trinajstić information content (AvgIpc) is 2.56. The molecular formula is C23H24. The zero-order chi connectivity index (χ0) is 15.5. The van der Waals surface area contributed by atoms with Crippen LogP contribution in [0.25, 0.3) is 0 Å². The highest BCUT2D eigenvalue weighted by molar-refractivity contribution is 5.30. The molecule has 0 fully saturated rings. The molecule has 2 aromatic carbocycles. The number of hydrogen-bond donors (Lipinski definition) is 0. The van der Waals surface area contributed by atoms with Crippen LogP contribution in [0, 0.1) is 11.8 Å². The van der Waals surface area contributed by atoms with Crippen LogP contribution in [-0.4, -0.2) is 0 Å². The lowest BCUT2D eigenvalue weighted by atomic mass is 9.72. The van der Waals surface area contributed by atoms with E-state index in [1.807, 2.05) is 0 Å². The first kappa shape index (κ1) is 14.5. The Labute approximate surface area is 139 Å². The quantitative estimate of drug-likeness (QED) is 0.630. The van der Waals surface area contributed by atoms with Crippen molar-refractivity contribution >= 4 is 0 Å². The highest BCUT2D eigenvalue weighted by Crippen LogP contribution is 2.39. The number of fused-ring (bicyclic) bond motifs is 2. The molecule has 2 aromatic rings. The summed E-state index contributed by atoms with van der Waals surface area (Å²) >= 11 is 0. The van der Waals surface area contributed by atoms with Gasteiger partial charge in [0.05, 0.1) is 0 Å². The molecule has 2 aliphatic rings. The van der Waals surface area contributed by atoms with E-state index in [2.05, 4.69) is 72.8 Å². The van der Waals surface area contributed by atoms with Crippen molar-refractivity contribution in [1.29, 1.82) is 0 Å². The first-order valence-corrected chi connectivity index (χ1v) is 8.82. The van der Waals surface area contributed by atoms with Gasteiger partial charge in [0.15, 0.2) is 0 Å². The molecular weight excluding hydrogens is 276 g/mol. The molecule has 0 aliphatic heterocycles. The standard InChI is InChI=1S/C23H24/c1-3-7-18(8-4-1)11-20-13-22-15-21(16-23(14-20)17-22)12-19-9-5-2-6-10-19/h1-10,13,16,22-23H,11-12,14-15,17H2/t22-,23+/m0/s1. The summed E-state index contributed by atoms with van der Waals surface area (Å²) in [5.74, 6) is 1.52. The summed E-state index contributed by atoms with van der Waals surface area (Å²) in [7, 11) is 0. The Morgan fingerprint density at radius 1 is 0.609 bits per heavy atom. The van der Waals surface area contributed by atoms with Gasteiger partial charge in [-0.15, -0.1) is 0 Å². The van der Waals surface area contributed by atoms with Crippen molar-refractivity contribution in [3.8, 4) is 0 Å². The molecule has 0 spiro atoms. The zero-order valence-electron chi connectivity index (χ0n) is 13.6. The van der Waals surface area contributed by atoms with Crippen LogP contribution in [0.15, 0.2) is 84.0 Å². The highest BCUT2D eigenvalue weighted by Gasteiger charge is 2.26. The number of hydrogen-bond acceptors (Lipinski definition) is 0. The predicted molar refractivity (Wildman–Crippen MR) is 97.3 cm³/mol. The normalized spacial score (nSPS) is 23.1. The SMILES string of the molecule is C1=C(Cc2ccccc2)C[C@@H]2C=C(Cc3ccccc3)C[C@H]1C2. The van der Waals surface area contributed by atoms with Crippen LogP contribution in [0.4, 0.5) is 0 Å². The zero-order valence-corrected chi connectivity index (χ0v) is 13.6. The largest absolute Gasteiger partial charge is 0.0815 e. The van der Waals surface area contributed by atoms with Crippen molar-refractivity contribution in [2.45, 2.75) is 32.1 Å². The molecule has 0 heterocycles. The predicted octanol–water partition coefficient (Wildman–Crippen LogP) is 5.75. The number of benzene rings is 2. The Balaban J connectivity index is 1.44. The van der Waals surface area contributed by atoms with Gasteiger partial charge in [0, 0.05) is 0 Å². The third-order valence-electron chi connectivity index (χ3n) is 5.15. The summed E-state index contributed by atoms with van der Waals surface area (Å²) in [6.45, 7) is 0. The van der Waals surface area contributed by atoms with Crippen molar-refractivity contribution < 1.29 is 0 Å². The van der Waals surface area contributed by atoms with Gasteiger partial charge < -0.3 is 0 Å². The Bertz CT molecular complexity index is 643. The number of rotatable bonds is 4. The minimum absolute atomic E-state index is 0.760. The second-order valence-corrected chi connectivity index (χ2v) is 7.14. The summed E-state index contributed by atoms with van der Waals surface area (Å²) < 4.78 is 0. The minimum Gasteiger partial charge on any atom is -0.0815 e. The molecule has 0 saturated carbocycles. The molecule has 0 saturated heterocycles. The van der Waals surface area contributed by atoms with E-state index in [0.29, 0.717) is 0 Å². The number of allylic oxidation sites excluding steroid dienone is 4. The molecule has 2 aliphatic carbocycles. The molecule has 0 heteroatoms. The molecule has 0 nitrogen and oxygen atoms in total. The summed E-state index contributed by atoms with van der Waals surface area (Å²) in [5.41, 5.74) is 6.19. The molecule has 0 amide bonds. The van der Waals surface area contributed by atoms with Gasteiger partial charge in [0.25, 0.3) is 0 Å². The van der Waals surface area contributed by atoms with Gasteiger partial charge in [-0.25, -0.2) is 0 Å². The van der Waals surface area contributed by atoms with E-state index in [4.69, 9.17) is 0 Å². The molecule has 4 rings (SSSR count). The topological polar surface area (TPSA) is 0 Å². The minimum atomic E-state index is 0.760. The fourth-order valence-corrected chi connectivity index (χ4v) is 4.26. The van der Waals surface area contributed by atoms with Crippen LogP contribution in [0.2, 0.25) is 0 Å². The van der Waals surface area contributed by atoms with Crippen LogP contribution in [0.1, 0.15) is 30.4 Å². The molecule has 2 atom stereocenters. The highest BCUT2D eigenvalue weighted by atomic mass is 14.3. The van der Waals surface area contributed by atoms with Crippen molar-refractivity contribution in [1.82, 2.24) is 0 Å². The van der Waals surface area contributed by atoms with E-state index < -0.39 is 0 Å². The van der Waals surface area contributed by atoms with Crippen molar-refractivity contribution in [3.63, 3.8) is 0 Å². The summed E-state index contributed by atoms with van der Waals surface area (Å²) in [4.78, 5) is 0. The molecule has 0 aromatic heterocycles. The van der Waals surface area contributed by atoms with E-state index in [1.54, 1.807) is 11.1 Å². The van der Waals surface area contributed by atoms with E-state index in [9.17, 15) is 0 Å². The van der Waals surface area contributed by atoms with E-state index in [0.717, 1.165) is 24.7 Å². The second kappa shape index (κ2) is 6.58. The van der Waals surface area contributed by atoms with E-state index >= 15 is 0 Å². The molecule has 0 N–H and O–H groups in total. The molecule has 0 radical (unpaired) electrons. The van der Waals surface area contributed by atoms with Crippen LogP contribution in [-0.2, 0) is 12.8 Å². The van der Waals surface area contributed by atoms with Gasteiger partial charge in [0.2, 0.25) is 0 Å². The summed E-state index contributed by atoms with van der Waals surface area (Å²) in [6, 6.07) is 21.8. The van der Waals surface area contributed by atoms with Gasteiger partial charge in [0.1, 0.15) is 0 Å². The lowest BCUT2D eigenvalue weighted by molar-refractivity contribution is 0.412. The molecule has 0 unspecified atom stereocenters. The summed E-state index contributed by atoms with van der Waals surface area (Å²) in [5, 5.41) is 0. The second-order valence-electron chi connectivity index (χ2n) is 7.14. The molecule has 116 valence electrons. The first-order valence-electron chi connectivity index (χ1n) is 8.82. The molecule has 2 bridgehead atoms. The van der Waals surface area contributed by atoms with Crippen LogP contribution in [0.5, 0.6) is 0 Å². The lowest BCUT2D eigenvalue weighted by Gasteiger charge is -2.33. The lowest BCUT2D eigenvalue weighted by Crippen LogP contribution is -2.20. The van der Waals surface area contributed by atoms with Crippen molar-refractivity contribution in [2.24, 2.45) is 11.8 Å². The van der Waals surface area contributed by atoms with Crippen molar-refractivity contribution in [3.05, 3.63) is 95.1 Å². The van der Waals surface area contributed by atoms with E-state index in [1.165, 1.54) is 30.4 Å². The van der Waals surface area contributed by atoms with Crippen LogP contribution in [0.3, 0.4) is 0 Å². The maximum Gasteiger partial charge on any atom is -0.00668 e. The Morgan fingerprint density at radius 2 is 1.04 bits per heavy atom. The third kappa shape index (κ3) is 3.64. The third-order valence-corrected chi connectivity index (χ3v) is 5.15. The Hall–Kier alpha value is -2.08. The Kier molecular flexibility index (Phi) is 4.15. The average molecular weight is 300 g/mol. The monoisotopic (exact) mass is 300 g/mol. The molecule has 23 heavy (non-hydrogen) atoms. The van der Waals surface area contributed by atoms with Gasteiger partial charge >= 0.3 is 0 Å². The fraction of sp³-hybridized carbons (Fsp3) is 0.304. The van der Waals surface area contributed by atoms with Gasteiger partial charge in [-0.05, 0) is 55.1 Å². The maximum atomic E-state index is 2.58. The summed E-state index contributed by atoms with van der Waals surface area (Å²) in [6.07, 6.45) is 11.3. The first-order chi connectivity index (χ1) is 11.3. The fourth-order valence-electron chi connectivity index (χ4n) is 4.26. The van der Waals surface area contributed by atoms with E-state index in [-0.39, 0.29) is 0 Å². The van der Waals surface area contributed by atoms with Crippen molar-refractivity contribution in [2.75, 3.05) is 0 Å². The van der Waals surface area contributed by atoms with Crippen LogP contribution >= 0.6 is 0 Å².